The van der Waals surface area contributed by atoms with Crippen molar-refractivity contribution >= 4 is 5.91 Å². The molecule has 1 heterocycles. The van der Waals surface area contributed by atoms with E-state index in [4.69, 9.17) is 11.5 Å². The van der Waals surface area contributed by atoms with Crippen LogP contribution in [-0.4, -0.2) is 36.0 Å². The fourth-order valence-electron chi connectivity index (χ4n) is 3.39. The van der Waals surface area contributed by atoms with Gasteiger partial charge in [0.1, 0.15) is 0 Å². The van der Waals surface area contributed by atoms with Gasteiger partial charge in [0.15, 0.2) is 0 Å². The molecule has 1 amide bonds. The minimum absolute atomic E-state index is 0.0304. The van der Waals surface area contributed by atoms with E-state index in [2.05, 4.69) is 4.90 Å². The predicted molar refractivity (Wildman–Crippen MR) is 63.7 cm³/mol. The molecule has 1 aliphatic heterocycles. The lowest BCUT2D eigenvalue weighted by molar-refractivity contribution is -0.123. The number of carbonyl (C=O) groups is 1. The Morgan fingerprint density at radius 1 is 1.19 bits per heavy atom. The maximum Gasteiger partial charge on any atom is 0.234 e. The highest BCUT2D eigenvalue weighted by Gasteiger charge is 2.38. The lowest BCUT2D eigenvalue weighted by Gasteiger charge is -2.39. The fraction of sp³-hybridized carbons (Fsp3) is 0.917. The number of hydrogen-bond donors (Lipinski definition) is 2. The summed E-state index contributed by atoms with van der Waals surface area (Å²) in [7, 11) is 0. The maximum atomic E-state index is 11.4. The minimum Gasteiger partial charge on any atom is -0.368 e. The topological polar surface area (TPSA) is 72.3 Å². The molecule has 3 atom stereocenters. The molecular formula is C12H23N3O. The molecule has 0 bridgehead atoms. The first kappa shape index (κ1) is 11.9. The number of amides is 1. The third-order valence-corrected chi connectivity index (χ3v) is 4.22. The van der Waals surface area contributed by atoms with Crippen molar-refractivity contribution in [3.63, 3.8) is 0 Å². The van der Waals surface area contributed by atoms with E-state index in [-0.39, 0.29) is 11.9 Å². The number of rotatable bonds is 3. The summed E-state index contributed by atoms with van der Waals surface area (Å²) in [5.41, 5.74) is 11.3. The van der Waals surface area contributed by atoms with Crippen LogP contribution in [0, 0.1) is 5.92 Å². The number of nitrogens with two attached hydrogens (primary N) is 2. The molecule has 92 valence electrons. The average molecular weight is 225 g/mol. The Balaban J connectivity index is 2.06. The van der Waals surface area contributed by atoms with Gasteiger partial charge in [-0.1, -0.05) is 12.8 Å². The Kier molecular flexibility index (Phi) is 3.82. The van der Waals surface area contributed by atoms with E-state index in [1.165, 1.54) is 25.7 Å². The summed E-state index contributed by atoms with van der Waals surface area (Å²) in [4.78, 5) is 13.7. The summed E-state index contributed by atoms with van der Waals surface area (Å²) < 4.78 is 0. The summed E-state index contributed by atoms with van der Waals surface area (Å²) in [6.45, 7) is 1.77. The second-order valence-corrected chi connectivity index (χ2v) is 5.15. The van der Waals surface area contributed by atoms with Crippen molar-refractivity contribution in [2.24, 2.45) is 17.4 Å². The minimum atomic E-state index is -0.154. The number of nitrogens with zero attached hydrogens (tertiary/aromatic N) is 1. The molecule has 0 radical (unpaired) electrons. The number of primary amides is 1. The van der Waals surface area contributed by atoms with Crippen LogP contribution in [0.25, 0.3) is 0 Å². The van der Waals surface area contributed by atoms with E-state index >= 15 is 0 Å². The molecule has 1 saturated carbocycles. The van der Waals surface area contributed by atoms with Crippen LogP contribution in [0.5, 0.6) is 0 Å². The molecule has 0 spiro atoms. The van der Waals surface area contributed by atoms with Crippen molar-refractivity contribution in [1.82, 2.24) is 4.90 Å². The smallest absolute Gasteiger partial charge is 0.234 e. The molecule has 4 nitrogen and oxygen atoms in total. The summed E-state index contributed by atoms with van der Waals surface area (Å²) in [5.74, 6) is 0.410. The van der Waals surface area contributed by atoms with Gasteiger partial charge in [0, 0.05) is 6.04 Å². The van der Waals surface area contributed by atoms with Crippen LogP contribution in [0.1, 0.15) is 38.5 Å². The molecule has 4 N–H and O–H groups in total. The number of hydrogen-bond acceptors (Lipinski definition) is 3. The zero-order chi connectivity index (χ0) is 11.5. The zero-order valence-corrected chi connectivity index (χ0v) is 9.90. The van der Waals surface area contributed by atoms with Gasteiger partial charge in [-0.25, -0.2) is 0 Å². The SMILES string of the molecule is NCC1CCCCC1N1CCCC1C(N)=O. The highest BCUT2D eigenvalue weighted by atomic mass is 16.1. The van der Waals surface area contributed by atoms with Gasteiger partial charge in [0.25, 0.3) is 0 Å². The molecule has 2 rings (SSSR count). The molecule has 2 fully saturated rings. The van der Waals surface area contributed by atoms with E-state index in [1.807, 2.05) is 0 Å². The molecule has 0 aromatic heterocycles. The molecule has 3 unspecified atom stereocenters. The van der Waals surface area contributed by atoms with Gasteiger partial charge in [0.05, 0.1) is 6.04 Å². The van der Waals surface area contributed by atoms with Crippen molar-refractivity contribution in [2.45, 2.75) is 50.6 Å². The van der Waals surface area contributed by atoms with Gasteiger partial charge in [-0.15, -0.1) is 0 Å². The third-order valence-electron chi connectivity index (χ3n) is 4.22. The zero-order valence-electron chi connectivity index (χ0n) is 9.90. The first-order chi connectivity index (χ1) is 7.74. The van der Waals surface area contributed by atoms with Gasteiger partial charge in [-0.05, 0) is 44.7 Å². The summed E-state index contributed by atoms with van der Waals surface area (Å²) in [6, 6.07) is 0.468. The normalized spacial score (nSPS) is 36.4. The summed E-state index contributed by atoms with van der Waals surface area (Å²) >= 11 is 0. The van der Waals surface area contributed by atoms with Crippen LogP contribution >= 0.6 is 0 Å². The quantitative estimate of drug-likeness (QED) is 0.732. The Hall–Kier alpha value is -0.610. The number of carbonyl (C=O) groups excluding carboxylic acids is 1. The van der Waals surface area contributed by atoms with Crippen molar-refractivity contribution in [3.05, 3.63) is 0 Å². The van der Waals surface area contributed by atoms with Gasteiger partial charge >= 0.3 is 0 Å². The molecule has 1 saturated heterocycles. The second kappa shape index (κ2) is 5.15. The van der Waals surface area contributed by atoms with Crippen molar-refractivity contribution in [2.75, 3.05) is 13.1 Å². The van der Waals surface area contributed by atoms with Gasteiger partial charge < -0.3 is 11.5 Å². The highest BCUT2D eigenvalue weighted by Crippen LogP contribution is 2.32. The van der Waals surface area contributed by atoms with E-state index in [0.29, 0.717) is 12.0 Å². The lowest BCUT2D eigenvalue weighted by Crippen LogP contribution is -2.51. The predicted octanol–water partition coefficient (Wildman–Crippen LogP) is 0.454. The van der Waals surface area contributed by atoms with Crippen LogP contribution in [0.4, 0.5) is 0 Å². The molecule has 1 aliphatic carbocycles. The van der Waals surface area contributed by atoms with Crippen LogP contribution in [-0.2, 0) is 4.79 Å². The molecule has 0 aromatic carbocycles. The van der Waals surface area contributed by atoms with Crippen LogP contribution in [0.15, 0.2) is 0 Å². The van der Waals surface area contributed by atoms with Gasteiger partial charge in [-0.3, -0.25) is 9.69 Å². The average Bonchev–Trinajstić information content (AvgIpc) is 2.77. The largest absolute Gasteiger partial charge is 0.368 e. The van der Waals surface area contributed by atoms with Crippen LogP contribution < -0.4 is 11.5 Å². The summed E-state index contributed by atoms with van der Waals surface area (Å²) in [6.07, 6.45) is 6.98. The van der Waals surface area contributed by atoms with E-state index in [1.54, 1.807) is 0 Å². The van der Waals surface area contributed by atoms with Crippen molar-refractivity contribution < 1.29 is 4.79 Å². The van der Waals surface area contributed by atoms with Crippen molar-refractivity contribution in [1.29, 1.82) is 0 Å². The van der Waals surface area contributed by atoms with E-state index in [9.17, 15) is 4.79 Å². The lowest BCUT2D eigenvalue weighted by atomic mass is 9.83. The molecule has 2 aliphatic rings. The second-order valence-electron chi connectivity index (χ2n) is 5.15. The molecule has 4 heteroatoms. The molecular weight excluding hydrogens is 202 g/mol. The van der Waals surface area contributed by atoms with Crippen molar-refractivity contribution in [3.8, 4) is 0 Å². The Morgan fingerprint density at radius 2 is 1.94 bits per heavy atom. The maximum absolute atomic E-state index is 11.4. The van der Waals surface area contributed by atoms with Crippen LogP contribution in [0.3, 0.4) is 0 Å². The number of likely N-dealkylation sites (tertiary alicyclic amines) is 1. The van der Waals surface area contributed by atoms with Crippen LogP contribution in [0.2, 0.25) is 0 Å². The monoisotopic (exact) mass is 225 g/mol. The van der Waals surface area contributed by atoms with Gasteiger partial charge in [-0.2, -0.15) is 0 Å². The Bertz CT molecular complexity index is 257. The van der Waals surface area contributed by atoms with E-state index < -0.39 is 0 Å². The first-order valence-corrected chi connectivity index (χ1v) is 6.49. The molecule has 16 heavy (non-hydrogen) atoms. The third kappa shape index (κ3) is 2.23. The highest BCUT2D eigenvalue weighted by molar-refractivity contribution is 5.80. The standard InChI is InChI=1S/C12H23N3O/c13-8-9-4-1-2-5-10(9)15-7-3-6-11(15)12(14)16/h9-11H,1-8,13H2,(H2,14,16). The fourth-order valence-corrected chi connectivity index (χ4v) is 3.39. The molecule has 0 aromatic rings. The summed E-state index contributed by atoms with van der Waals surface area (Å²) in [5, 5.41) is 0. The first-order valence-electron chi connectivity index (χ1n) is 6.49. The van der Waals surface area contributed by atoms with Gasteiger partial charge in [0.2, 0.25) is 5.91 Å². The van der Waals surface area contributed by atoms with E-state index in [0.717, 1.165) is 25.9 Å². The Labute approximate surface area is 97.3 Å². The Morgan fingerprint density at radius 3 is 2.62 bits per heavy atom.